The molecular weight excluding hydrogens is 240 g/mol. The van der Waals surface area contributed by atoms with Crippen molar-refractivity contribution in [1.82, 2.24) is 10.3 Å². The molecule has 1 heterocycles. The normalized spacial score (nSPS) is 10.7. The Hall–Kier alpha value is -2.30. The number of hydrogen-bond acceptors (Lipinski definition) is 4. The largest absolute Gasteiger partial charge is 0.397 e. The van der Waals surface area contributed by atoms with Crippen LogP contribution in [0.2, 0.25) is 0 Å². The Morgan fingerprint density at radius 1 is 1.37 bits per heavy atom. The molecule has 0 aliphatic rings. The summed E-state index contributed by atoms with van der Waals surface area (Å²) in [6, 6.07) is 7.61. The summed E-state index contributed by atoms with van der Waals surface area (Å²) in [7, 11) is 0. The Balaban J connectivity index is 2.13. The Labute approximate surface area is 112 Å². The van der Waals surface area contributed by atoms with Gasteiger partial charge in [-0.25, -0.2) is 0 Å². The van der Waals surface area contributed by atoms with Crippen molar-refractivity contribution >= 4 is 28.2 Å². The smallest absolute Gasteiger partial charge is 0.239 e. The molecule has 2 rings (SSSR count). The molecule has 0 fully saturated rings. The average molecular weight is 258 g/mol. The van der Waals surface area contributed by atoms with Gasteiger partial charge in [-0.15, -0.1) is 0 Å². The third-order valence-electron chi connectivity index (χ3n) is 2.72. The fraction of sp³-hybridized carbons (Fsp3) is 0.286. The van der Waals surface area contributed by atoms with Crippen LogP contribution in [0, 0.1) is 0 Å². The van der Waals surface area contributed by atoms with Crippen LogP contribution in [0.15, 0.2) is 30.5 Å². The third-order valence-corrected chi connectivity index (χ3v) is 2.72. The van der Waals surface area contributed by atoms with E-state index in [4.69, 9.17) is 5.73 Å². The van der Waals surface area contributed by atoms with Crippen LogP contribution in [-0.2, 0) is 4.79 Å². The highest BCUT2D eigenvalue weighted by atomic mass is 16.1. The van der Waals surface area contributed by atoms with Crippen molar-refractivity contribution in [1.29, 1.82) is 0 Å². The minimum absolute atomic E-state index is 0.0549. The monoisotopic (exact) mass is 258 g/mol. The minimum atomic E-state index is -0.0549. The molecule has 0 aliphatic heterocycles. The van der Waals surface area contributed by atoms with Gasteiger partial charge in [0.25, 0.3) is 0 Å². The highest BCUT2D eigenvalue weighted by Crippen LogP contribution is 2.26. The summed E-state index contributed by atoms with van der Waals surface area (Å²) < 4.78 is 0. The lowest BCUT2D eigenvalue weighted by molar-refractivity contribution is -0.119. The van der Waals surface area contributed by atoms with Crippen molar-refractivity contribution in [3.05, 3.63) is 30.5 Å². The highest BCUT2D eigenvalue weighted by molar-refractivity contribution is 5.97. The van der Waals surface area contributed by atoms with Gasteiger partial charge in [0, 0.05) is 17.6 Å². The summed E-state index contributed by atoms with van der Waals surface area (Å²) in [6.07, 6.45) is 1.73. The second-order valence-corrected chi connectivity index (χ2v) is 4.67. The summed E-state index contributed by atoms with van der Waals surface area (Å²) >= 11 is 0. The quantitative estimate of drug-likeness (QED) is 0.730. The average Bonchev–Trinajstić information content (AvgIpc) is 2.37. The van der Waals surface area contributed by atoms with Crippen molar-refractivity contribution < 1.29 is 4.79 Å². The van der Waals surface area contributed by atoms with Crippen LogP contribution in [0.3, 0.4) is 0 Å². The number of nitrogen functional groups attached to an aromatic ring is 1. The number of nitrogens with two attached hydrogens (primary N) is 1. The lowest BCUT2D eigenvalue weighted by Gasteiger charge is -2.12. The number of anilines is 2. The van der Waals surface area contributed by atoms with Gasteiger partial charge in [0.1, 0.15) is 0 Å². The van der Waals surface area contributed by atoms with E-state index in [1.165, 1.54) is 0 Å². The molecule has 1 aromatic carbocycles. The standard InChI is InChI=1S/C14H18N4O/c1-9(2)18-13(19)8-17-12-6-5-11-10(14(12)15)4-3-7-16-11/h3-7,9,17H,8,15H2,1-2H3,(H,18,19). The van der Waals surface area contributed by atoms with Crippen molar-refractivity contribution in [2.24, 2.45) is 0 Å². The molecule has 5 nitrogen and oxygen atoms in total. The van der Waals surface area contributed by atoms with Crippen LogP contribution in [0.25, 0.3) is 10.9 Å². The molecule has 0 saturated heterocycles. The van der Waals surface area contributed by atoms with E-state index in [-0.39, 0.29) is 18.5 Å². The first-order chi connectivity index (χ1) is 9.08. The summed E-state index contributed by atoms with van der Waals surface area (Å²) in [5, 5.41) is 6.75. The van der Waals surface area contributed by atoms with E-state index in [2.05, 4.69) is 15.6 Å². The van der Waals surface area contributed by atoms with E-state index in [1.807, 2.05) is 38.1 Å². The second-order valence-electron chi connectivity index (χ2n) is 4.67. The fourth-order valence-corrected chi connectivity index (χ4v) is 1.88. The zero-order chi connectivity index (χ0) is 13.8. The van der Waals surface area contributed by atoms with E-state index in [0.717, 1.165) is 16.6 Å². The van der Waals surface area contributed by atoms with Gasteiger partial charge >= 0.3 is 0 Å². The molecule has 0 aliphatic carbocycles. The topological polar surface area (TPSA) is 80.0 Å². The van der Waals surface area contributed by atoms with Crippen molar-refractivity contribution in [3.8, 4) is 0 Å². The molecule has 0 spiro atoms. The first-order valence-corrected chi connectivity index (χ1v) is 6.24. The van der Waals surface area contributed by atoms with Gasteiger partial charge < -0.3 is 16.4 Å². The molecule has 4 N–H and O–H groups in total. The molecule has 2 aromatic rings. The first kappa shape index (κ1) is 13.1. The number of benzene rings is 1. The van der Waals surface area contributed by atoms with E-state index in [0.29, 0.717) is 5.69 Å². The van der Waals surface area contributed by atoms with E-state index in [9.17, 15) is 4.79 Å². The maximum atomic E-state index is 11.6. The third kappa shape index (κ3) is 3.13. The van der Waals surface area contributed by atoms with Crippen LogP contribution in [-0.4, -0.2) is 23.5 Å². The zero-order valence-electron chi connectivity index (χ0n) is 11.1. The van der Waals surface area contributed by atoms with Crippen LogP contribution < -0.4 is 16.4 Å². The molecule has 0 unspecified atom stereocenters. The predicted octanol–water partition coefficient (Wildman–Crippen LogP) is 1.75. The van der Waals surface area contributed by atoms with E-state index in [1.54, 1.807) is 6.20 Å². The second kappa shape index (κ2) is 5.56. The number of carbonyl (C=O) groups is 1. The van der Waals surface area contributed by atoms with E-state index >= 15 is 0 Å². The lowest BCUT2D eigenvalue weighted by atomic mass is 10.1. The lowest BCUT2D eigenvalue weighted by Crippen LogP contribution is -2.34. The SMILES string of the molecule is CC(C)NC(=O)CNc1ccc2ncccc2c1N. The Morgan fingerprint density at radius 3 is 2.89 bits per heavy atom. The number of fused-ring (bicyclic) bond motifs is 1. The molecule has 1 aromatic heterocycles. The molecule has 1 amide bonds. The van der Waals surface area contributed by atoms with Crippen molar-refractivity contribution in [2.45, 2.75) is 19.9 Å². The van der Waals surface area contributed by atoms with Gasteiger partial charge in [0.2, 0.25) is 5.91 Å². The zero-order valence-corrected chi connectivity index (χ0v) is 11.1. The van der Waals surface area contributed by atoms with Gasteiger partial charge in [0.05, 0.1) is 23.4 Å². The van der Waals surface area contributed by atoms with Gasteiger partial charge in [-0.3, -0.25) is 9.78 Å². The van der Waals surface area contributed by atoms with Crippen molar-refractivity contribution in [2.75, 3.05) is 17.6 Å². The maximum absolute atomic E-state index is 11.6. The Bertz CT molecular complexity index is 595. The number of rotatable bonds is 4. The molecule has 0 atom stereocenters. The van der Waals surface area contributed by atoms with Crippen molar-refractivity contribution in [3.63, 3.8) is 0 Å². The minimum Gasteiger partial charge on any atom is -0.397 e. The van der Waals surface area contributed by atoms with Gasteiger partial charge in [-0.2, -0.15) is 0 Å². The number of nitrogens with zero attached hydrogens (tertiary/aromatic N) is 1. The Morgan fingerprint density at radius 2 is 2.16 bits per heavy atom. The van der Waals surface area contributed by atoms with Crippen LogP contribution >= 0.6 is 0 Å². The van der Waals surface area contributed by atoms with Crippen LogP contribution in [0.4, 0.5) is 11.4 Å². The molecular formula is C14H18N4O. The number of pyridine rings is 1. The number of carbonyl (C=O) groups excluding carboxylic acids is 1. The number of aromatic nitrogens is 1. The highest BCUT2D eigenvalue weighted by Gasteiger charge is 2.07. The number of hydrogen-bond donors (Lipinski definition) is 3. The summed E-state index contributed by atoms with van der Waals surface area (Å²) in [4.78, 5) is 15.8. The number of amides is 1. The van der Waals surface area contributed by atoms with Crippen LogP contribution in [0.1, 0.15) is 13.8 Å². The first-order valence-electron chi connectivity index (χ1n) is 6.24. The summed E-state index contributed by atoms with van der Waals surface area (Å²) in [6.45, 7) is 4.05. The van der Waals surface area contributed by atoms with Gasteiger partial charge in [0.15, 0.2) is 0 Å². The fourth-order valence-electron chi connectivity index (χ4n) is 1.88. The molecule has 0 radical (unpaired) electrons. The summed E-state index contributed by atoms with van der Waals surface area (Å²) in [5.74, 6) is -0.0549. The molecule has 5 heteroatoms. The van der Waals surface area contributed by atoms with Gasteiger partial charge in [-0.05, 0) is 38.1 Å². The molecule has 0 bridgehead atoms. The predicted molar refractivity (Wildman–Crippen MR) is 77.9 cm³/mol. The van der Waals surface area contributed by atoms with Gasteiger partial charge in [-0.1, -0.05) is 0 Å². The Kier molecular flexibility index (Phi) is 3.85. The number of nitrogens with one attached hydrogen (secondary N) is 2. The molecule has 100 valence electrons. The molecule has 0 saturated carbocycles. The molecule has 19 heavy (non-hydrogen) atoms. The summed E-state index contributed by atoms with van der Waals surface area (Å²) in [5.41, 5.74) is 8.28. The van der Waals surface area contributed by atoms with Crippen LogP contribution in [0.5, 0.6) is 0 Å². The van der Waals surface area contributed by atoms with E-state index < -0.39 is 0 Å². The maximum Gasteiger partial charge on any atom is 0.239 e.